The van der Waals surface area contributed by atoms with E-state index in [0.29, 0.717) is 11.6 Å². The molecular weight excluding hydrogens is 204 g/mol. The number of pyridine rings is 1. The third-order valence-electron chi connectivity index (χ3n) is 2.14. The fourth-order valence-electron chi connectivity index (χ4n) is 1.30. The average molecular weight is 222 g/mol. The minimum absolute atomic E-state index is 0.164. The Bertz CT molecular complexity index is 400. The van der Waals surface area contributed by atoms with Crippen LogP contribution < -0.4 is 10.1 Å². The average Bonchev–Trinajstić information content (AvgIpc) is 2.23. The van der Waals surface area contributed by atoms with Gasteiger partial charge in [0.25, 0.3) is 5.91 Å². The summed E-state index contributed by atoms with van der Waals surface area (Å²) in [5.41, 5.74) is 0.0385. The zero-order valence-corrected chi connectivity index (χ0v) is 10.4. The van der Waals surface area contributed by atoms with Crippen molar-refractivity contribution in [2.45, 2.75) is 40.2 Å². The summed E-state index contributed by atoms with van der Waals surface area (Å²) >= 11 is 0. The smallest absolute Gasteiger partial charge is 0.269 e. The Balaban J connectivity index is 0.000000606. The number of nitrogens with zero attached hydrogens (tertiary/aromatic N) is 1. The number of ether oxygens (including phenoxy) is 1. The molecule has 1 aromatic rings. The maximum Gasteiger partial charge on any atom is 0.269 e. The molecule has 2 heterocycles. The van der Waals surface area contributed by atoms with Gasteiger partial charge in [-0.2, -0.15) is 0 Å². The highest BCUT2D eigenvalue weighted by Gasteiger charge is 2.35. The number of hydrogen-bond acceptors (Lipinski definition) is 3. The number of carbonyl (C=O) groups excluding carboxylic acids is 1. The fourth-order valence-corrected chi connectivity index (χ4v) is 1.30. The summed E-state index contributed by atoms with van der Waals surface area (Å²) in [6.07, 6.45) is 0. The summed E-state index contributed by atoms with van der Waals surface area (Å²) in [5, 5.41) is 2.72. The largest absolute Gasteiger partial charge is 0.474 e. The molecule has 0 fully saturated rings. The molecule has 4 heteroatoms. The lowest BCUT2D eigenvalue weighted by atomic mass is 10.1. The van der Waals surface area contributed by atoms with Crippen molar-refractivity contribution in [1.29, 1.82) is 0 Å². The summed E-state index contributed by atoms with van der Waals surface area (Å²) in [5.74, 6) is 0.970. The highest BCUT2D eigenvalue weighted by atomic mass is 16.5. The zero-order valence-electron chi connectivity index (χ0n) is 10.4. The van der Waals surface area contributed by atoms with Gasteiger partial charge in [-0.05, 0) is 32.9 Å². The Morgan fingerprint density at radius 1 is 1.31 bits per heavy atom. The first kappa shape index (κ1) is 12.5. The normalized spacial score (nSPS) is 16.2. The third kappa shape index (κ3) is 2.32. The van der Waals surface area contributed by atoms with Gasteiger partial charge in [-0.25, -0.2) is 4.98 Å². The van der Waals surface area contributed by atoms with Crippen LogP contribution in [0.4, 0.5) is 5.82 Å². The Labute approximate surface area is 96.0 Å². The van der Waals surface area contributed by atoms with E-state index in [4.69, 9.17) is 4.74 Å². The van der Waals surface area contributed by atoms with E-state index in [1.807, 2.05) is 32.9 Å². The first-order valence-corrected chi connectivity index (χ1v) is 5.47. The molecule has 2 rings (SSSR count). The molecular formula is C12H18N2O2. The minimum atomic E-state index is -0.816. The lowest BCUT2D eigenvalue weighted by Crippen LogP contribution is -2.46. The van der Waals surface area contributed by atoms with Crippen molar-refractivity contribution in [2.24, 2.45) is 0 Å². The van der Waals surface area contributed by atoms with Crippen LogP contribution in [0.15, 0.2) is 12.1 Å². The van der Waals surface area contributed by atoms with Gasteiger partial charge in [0.05, 0.1) is 0 Å². The molecule has 1 aliphatic heterocycles. The van der Waals surface area contributed by atoms with Crippen LogP contribution in [0, 0.1) is 6.92 Å². The van der Waals surface area contributed by atoms with Gasteiger partial charge in [-0.3, -0.25) is 4.79 Å². The summed E-state index contributed by atoms with van der Waals surface area (Å²) in [6, 6.07) is 3.67. The lowest BCUT2D eigenvalue weighted by Gasteiger charge is -2.30. The van der Waals surface area contributed by atoms with E-state index >= 15 is 0 Å². The standard InChI is InChI=1S/C10H12N2O2.C2H6/c1-6-4-5-7-8(11-6)12-9(13)10(2,3)14-7;1-2/h4-5H,1-3H3,(H,11,12,13);1-2H3. The first-order valence-electron chi connectivity index (χ1n) is 5.47. The SMILES string of the molecule is CC.Cc1ccc2c(n1)NC(=O)C(C)(C)O2. The van der Waals surface area contributed by atoms with Gasteiger partial charge in [0.2, 0.25) is 0 Å². The first-order chi connectivity index (χ1) is 7.49. The van der Waals surface area contributed by atoms with Gasteiger partial charge in [0, 0.05) is 5.69 Å². The molecule has 4 nitrogen and oxygen atoms in total. The summed E-state index contributed by atoms with van der Waals surface area (Å²) < 4.78 is 5.51. The van der Waals surface area contributed by atoms with Gasteiger partial charge in [-0.1, -0.05) is 13.8 Å². The Morgan fingerprint density at radius 2 is 1.94 bits per heavy atom. The minimum Gasteiger partial charge on any atom is -0.474 e. The predicted molar refractivity (Wildman–Crippen MR) is 63.7 cm³/mol. The number of nitrogens with one attached hydrogen (secondary N) is 1. The van der Waals surface area contributed by atoms with Crippen molar-refractivity contribution in [1.82, 2.24) is 4.98 Å². The molecule has 16 heavy (non-hydrogen) atoms. The molecule has 0 aromatic carbocycles. The van der Waals surface area contributed by atoms with E-state index in [0.717, 1.165) is 5.69 Å². The fraction of sp³-hybridized carbons (Fsp3) is 0.500. The molecule has 1 aliphatic rings. The monoisotopic (exact) mass is 222 g/mol. The summed E-state index contributed by atoms with van der Waals surface area (Å²) in [6.45, 7) is 9.32. The van der Waals surface area contributed by atoms with Gasteiger partial charge < -0.3 is 10.1 Å². The molecule has 1 amide bonds. The zero-order chi connectivity index (χ0) is 12.3. The quantitative estimate of drug-likeness (QED) is 0.733. The van der Waals surface area contributed by atoms with Gasteiger partial charge in [-0.15, -0.1) is 0 Å². The highest BCUT2D eigenvalue weighted by Crippen LogP contribution is 2.31. The maximum absolute atomic E-state index is 11.5. The van der Waals surface area contributed by atoms with E-state index < -0.39 is 5.60 Å². The van der Waals surface area contributed by atoms with Gasteiger partial charge >= 0.3 is 0 Å². The van der Waals surface area contributed by atoms with Crippen LogP contribution in [0.2, 0.25) is 0 Å². The predicted octanol–water partition coefficient (Wildman–Crippen LogP) is 2.53. The van der Waals surface area contributed by atoms with Crippen LogP contribution in [0.5, 0.6) is 5.75 Å². The van der Waals surface area contributed by atoms with Crippen molar-refractivity contribution in [3.05, 3.63) is 17.8 Å². The number of carbonyl (C=O) groups is 1. The Hall–Kier alpha value is -1.58. The number of fused-ring (bicyclic) bond motifs is 1. The number of rotatable bonds is 0. The van der Waals surface area contributed by atoms with Crippen molar-refractivity contribution in [3.8, 4) is 5.75 Å². The molecule has 0 saturated heterocycles. The molecule has 0 spiro atoms. The molecule has 0 bridgehead atoms. The molecule has 0 unspecified atom stereocenters. The molecule has 0 atom stereocenters. The molecule has 0 saturated carbocycles. The number of amides is 1. The topological polar surface area (TPSA) is 51.2 Å². The third-order valence-corrected chi connectivity index (χ3v) is 2.14. The van der Waals surface area contributed by atoms with Crippen molar-refractivity contribution in [2.75, 3.05) is 5.32 Å². The number of aromatic nitrogens is 1. The van der Waals surface area contributed by atoms with Crippen LogP contribution >= 0.6 is 0 Å². The van der Waals surface area contributed by atoms with Crippen molar-refractivity contribution < 1.29 is 9.53 Å². The van der Waals surface area contributed by atoms with Crippen LogP contribution in [-0.4, -0.2) is 16.5 Å². The van der Waals surface area contributed by atoms with Crippen LogP contribution in [-0.2, 0) is 4.79 Å². The van der Waals surface area contributed by atoms with Crippen LogP contribution in [0.1, 0.15) is 33.4 Å². The van der Waals surface area contributed by atoms with Gasteiger partial charge in [0.1, 0.15) is 0 Å². The Kier molecular flexibility index (Phi) is 3.52. The van der Waals surface area contributed by atoms with E-state index in [-0.39, 0.29) is 5.91 Å². The molecule has 0 radical (unpaired) electrons. The van der Waals surface area contributed by atoms with Crippen molar-refractivity contribution >= 4 is 11.7 Å². The maximum atomic E-state index is 11.5. The van der Waals surface area contributed by atoms with E-state index in [1.165, 1.54) is 0 Å². The second-order valence-corrected chi connectivity index (χ2v) is 3.87. The lowest BCUT2D eigenvalue weighted by molar-refractivity contribution is -0.129. The van der Waals surface area contributed by atoms with E-state index in [1.54, 1.807) is 13.8 Å². The van der Waals surface area contributed by atoms with Crippen LogP contribution in [0.3, 0.4) is 0 Å². The molecule has 0 aliphatic carbocycles. The molecule has 1 aromatic heterocycles. The van der Waals surface area contributed by atoms with E-state index in [2.05, 4.69) is 10.3 Å². The number of anilines is 1. The molecule has 88 valence electrons. The second kappa shape index (κ2) is 4.51. The van der Waals surface area contributed by atoms with E-state index in [9.17, 15) is 4.79 Å². The molecule has 1 N–H and O–H groups in total. The van der Waals surface area contributed by atoms with Gasteiger partial charge in [0.15, 0.2) is 17.2 Å². The second-order valence-electron chi connectivity index (χ2n) is 3.87. The number of aryl methyl sites for hydroxylation is 1. The highest BCUT2D eigenvalue weighted by molar-refractivity contribution is 5.99. The summed E-state index contributed by atoms with van der Waals surface area (Å²) in [7, 11) is 0. The Morgan fingerprint density at radius 3 is 2.56 bits per heavy atom. The van der Waals surface area contributed by atoms with Crippen molar-refractivity contribution in [3.63, 3.8) is 0 Å². The number of hydrogen-bond donors (Lipinski definition) is 1. The van der Waals surface area contributed by atoms with Crippen LogP contribution in [0.25, 0.3) is 0 Å². The summed E-state index contributed by atoms with van der Waals surface area (Å²) in [4.78, 5) is 15.7.